The first-order chi connectivity index (χ1) is 13.3. The summed E-state index contributed by atoms with van der Waals surface area (Å²) in [5.74, 6) is -2.77. The minimum atomic E-state index is -1.35. The summed E-state index contributed by atoms with van der Waals surface area (Å²) in [5.41, 5.74) is 0.159. The molecule has 0 aromatic heterocycles. The number of nitrogens with one attached hydrogen (secondary N) is 2. The summed E-state index contributed by atoms with van der Waals surface area (Å²) in [5, 5.41) is 13.9. The number of amides is 4. The summed E-state index contributed by atoms with van der Waals surface area (Å²) in [6.07, 6.45) is 0.232. The standard InChI is InChI=1S/C18H15FN4O5/c1-2-18(12-6-4-3-5-7-12)16(25)22(17(26)20-18)21-15(24)11-8-9-13(19)14(10-11)23(27)28/h3-10H,2H2,1H3,(H,20,26)(H,21,24)/t18-/m0/s1. The highest BCUT2D eigenvalue weighted by Crippen LogP contribution is 2.31. The third-order valence-corrected chi connectivity index (χ3v) is 4.51. The number of halogens is 1. The van der Waals surface area contributed by atoms with E-state index < -0.39 is 39.8 Å². The Morgan fingerprint density at radius 1 is 1.25 bits per heavy atom. The lowest BCUT2D eigenvalue weighted by atomic mass is 9.87. The van der Waals surface area contributed by atoms with Crippen molar-refractivity contribution in [2.75, 3.05) is 0 Å². The number of carbonyl (C=O) groups excluding carboxylic acids is 3. The first-order valence-electron chi connectivity index (χ1n) is 8.27. The average Bonchev–Trinajstić information content (AvgIpc) is 2.93. The van der Waals surface area contributed by atoms with Crippen LogP contribution in [0.2, 0.25) is 0 Å². The van der Waals surface area contributed by atoms with Gasteiger partial charge in [0.15, 0.2) is 0 Å². The van der Waals surface area contributed by atoms with Gasteiger partial charge < -0.3 is 5.32 Å². The van der Waals surface area contributed by atoms with Gasteiger partial charge in [-0.05, 0) is 24.1 Å². The van der Waals surface area contributed by atoms with Gasteiger partial charge in [-0.2, -0.15) is 9.40 Å². The second kappa shape index (κ2) is 7.06. The maximum absolute atomic E-state index is 13.4. The molecule has 0 saturated carbocycles. The molecule has 1 atom stereocenters. The third kappa shape index (κ3) is 3.04. The van der Waals surface area contributed by atoms with E-state index in [0.717, 1.165) is 18.2 Å². The maximum Gasteiger partial charge on any atom is 0.344 e. The monoisotopic (exact) mass is 386 g/mol. The predicted octanol–water partition coefficient (Wildman–Crippen LogP) is 2.24. The van der Waals surface area contributed by atoms with Crippen LogP contribution in [0, 0.1) is 15.9 Å². The molecule has 1 aliphatic rings. The Morgan fingerprint density at radius 2 is 1.93 bits per heavy atom. The van der Waals surface area contributed by atoms with E-state index in [4.69, 9.17) is 0 Å². The van der Waals surface area contributed by atoms with E-state index in [0.29, 0.717) is 10.6 Å². The van der Waals surface area contributed by atoms with Crippen LogP contribution in [0.3, 0.4) is 0 Å². The number of rotatable bonds is 5. The molecule has 0 radical (unpaired) electrons. The second-order valence-corrected chi connectivity index (χ2v) is 6.06. The van der Waals surface area contributed by atoms with Gasteiger partial charge in [0.05, 0.1) is 4.92 Å². The van der Waals surface area contributed by atoms with Gasteiger partial charge in [0.25, 0.3) is 11.8 Å². The molecule has 10 heteroatoms. The van der Waals surface area contributed by atoms with Gasteiger partial charge in [0.2, 0.25) is 5.82 Å². The van der Waals surface area contributed by atoms with Crippen molar-refractivity contribution in [1.82, 2.24) is 15.8 Å². The Morgan fingerprint density at radius 3 is 2.54 bits per heavy atom. The number of nitro groups is 1. The highest BCUT2D eigenvalue weighted by Gasteiger charge is 2.52. The molecule has 2 aromatic rings. The van der Waals surface area contributed by atoms with Crippen LogP contribution >= 0.6 is 0 Å². The minimum Gasteiger partial charge on any atom is -0.318 e. The summed E-state index contributed by atoms with van der Waals surface area (Å²) in [4.78, 5) is 47.5. The van der Waals surface area contributed by atoms with E-state index in [-0.39, 0.29) is 12.0 Å². The van der Waals surface area contributed by atoms with Crippen molar-refractivity contribution in [2.24, 2.45) is 0 Å². The fourth-order valence-corrected chi connectivity index (χ4v) is 3.00. The fourth-order valence-electron chi connectivity index (χ4n) is 3.00. The first kappa shape index (κ1) is 19.0. The van der Waals surface area contributed by atoms with E-state index >= 15 is 0 Å². The summed E-state index contributed by atoms with van der Waals surface area (Å²) < 4.78 is 13.4. The topological polar surface area (TPSA) is 122 Å². The number of imide groups is 1. The number of urea groups is 1. The molecule has 1 saturated heterocycles. The lowest BCUT2D eigenvalue weighted by Crippen LogP contribution is -2.48. The number of nitrogens with zero attached hydrogens (tertiary/aromatic N) is 2. The fraction of sp³-hybridized carbons (Fsp3) is 0.167. The van der Waals surface area contributed by atoms with Crippen LogP contribution in [-0.2, 0) is 10.3 Å². The van der Waals surface area contributed by atoms with Crippen LogP contribution in [-0.4, -0.2) is 27.8 Å². The van der Waals surface area contributed by atoms with Gasteiger partial charge in [-0.3, -0.25) is 25.1 Å². The van der Waals surface area contributed by atoms with Crippen molar-refractivity contribution < 1.29 is 23.7 Å². The minimum absolute atomic E-state index is 0.232. The summed E-state index contributed by atoms with van der Waals surface area (Å²) >= 11 is 0. The van der Waals surface area contributed by atoms with E-state index in [2.05, 4.69) is 10.7 Å². The molecule has 0 bridgehead atoms. The first-order valence-corrected chi connectivity index (χ1v) is 8.27. The third-order valence-electron chi connectivity index (χ3n) is 4.51. The Labute approximate surface area is 158 Å². The number of nitro benzene ring substituents is 1. The van der Waals surface area contributed by atoms with Crippen molar-refractivity contribution in [3.05, 3.63) is 75.6 Å². The molecular formula is C18H15FN4O5. The summed E-state index contributed by atoms with van der Waals surface area (Å²) in [6.45, 7) is 1.71. The Hall–Kier alpha value is -3.82. The second-order valence-electron chi connectivity index (χ2n) is 6.06. The van der Waals surface area contributed by atoms with Crippen LogP contribution in [0.4, 0.5) is 14.9 Å². The molecule has 0 spiro atoms. The van der Waals surface area contributed by atoms with E-state index in [1.54, 1.807) is 37.3 Å². The number of hydrogen-bond donors (Lipinski definition) is 2. The summed E-state index contributed by atoms with van der Waals surface area (Å²) in [7, 11) is 0. The molecule has 0 aliphatic carbocycles. The van der Waals surface area contributed by atoms with Crippen molar-refractivity contribution in [3.63, 3.8) is 0 Å². The predicted molar refractivity (Wildman–Crippen MR) is 94.3 cm³/mol. The Kier molecular flexibility index (Phi) is 4.78. The molecule has 3 rings (SSSR count). The lowest BCUT2D eigenvalue weighted by molar-refractivity contribution is -0.387. The van der Waals surface area contributed by atoms with E-state index in [9.17, 15) is 28.9 Å². The van der Waals surface area contributed by atoms with Crippen LogP contribution in [0.1, 0.15) is 29.3 Å². The molecule has 1 heterocycles. The van der Waals surface area contributed by atoms with Crippen molar-refractivity contribution in [2.45, 2.75) is 18.9 Å². The smallest absolute Gasteiger partial charge is 0.318 e. The largest absolute Gasteiger partial charge is 0.344 e. The number of benzene rings is 2. The zero-order valence-corrected chi connectivity index (χ0v) is 14.6. The molecule has 144 valence electrons. The molecule has 2 N–H and O–H groups in total. The molecule has 28 heavy (non-hydrogen) atoms. The van der Waals surface area contributed by atoms with Crippen LogP contribution in [0.15, 0.2) is 48.5 Å². The normalized spacial score (nSPS) is 18.7. The van der Waals surface area contributed by atoms with Gasteiger partial charge >= 0.3 is 11.7 Å². The Bertz CT molecular complexity index is 981. The molecular weight excluding hydrogens is 371 g/mol. The number of hydrazine groups is 1. The molecule has 1 fully saturated rings. The van der Waals surface area contributed by atoms with Gasteiger partial charge in [0, 0.05) is 11.6 Å². The van der Waals surface area contributed by atoms with Gasteiger partial charge in [-0.15, -0.1) is 0 Å². The maximum atomic E-state index is 13.4. The SMILES string of the molecule is CC[C@@]1(c2ccccc2)NC(=O)N(NC(=O)c2ccc(F)c([N+](=O)[O-])c2)C1=O. The number of hydrogen-bond acceptors (Lipinski definition) is 5. The zero-order valence-electron chi connectivity index (χ0n) is 14.6. The van der Waals surface area contributed by atoms with Gasteiger partial charge in [-0.1, -0.05) is 37.3 Å². The molecule has 2 aromatic carbocycles. The van der Waals surface area contributed by atoms with Gasteiger partial charge in [0.1, 0.15) is 5.54 Å². The van der Waals surface area contributed by atoms with E-state index in [1.807, 2.05) is 0 Å². The molecule has 1 aliphatic heterocycles. The highest BCUT2D eigenvalue weighted by atomic mass is 19.1. The number of carbonyl (C=O) groups is 3. The lowest BCUT2D eigenvalue weighted by Gasteiger charge is -2.25. The van der Waals surface area contributed by atoms with Gasteiger partial charge in [-0.25, -0.2) is 4.79 Å². The van der Waals surface area contributed by atoms with Crippen molar-refractivity contribution in [1.29, 1.82) is 0 Å². The highest BCUT2D eigenvalue weighted by molar-refractivity contribution is 6.09. The molecule has 0 unspecified atom stereocenters. The average molecular weight is 386 g/mol. The molecule has 9 nitrogen and oxygen atoms in total. The van der Waals surface area contributed by atoms with Crippen LogP contribution in [0.25, 0.3) is 0 Å². The molecule has 4 amide bonds. The van der Waals surface area contributed by atoms with Crippen LogP contribution < -0.4 is 10.7 Å². The van der Waals surface area contributed by atoms with Crippen LogP contribution in [0.5, 0.6) is 0 Å². The zero-order chi connectivity index (χ0) is 20.5. The van der Waals surface area contributed by atoms with Crippen molar-refractivity contribution in [3.8, 4) is 0 Å². The van der Waals surface area contributed by atoms with Crippen molar-refractivity contribution >= 4 is 23.5 Å². The van der Waals surface area contributed by atoms with E-state index in [1.165, 1.54) is 0 Å². The summed E-state index contributed by atoms with van der Waals surface area (Å²) in [6, 6.07) is 10.2. The quantitative estimate of drug-likeness (QED) is 0.464. The Balaban J connectivity index is 1.88.